The number of halogens is 2. The quantitative estimate of drug-likeness (QED) is 0.740. The molecule has 15 heavy (non-hydrogen) atoms. The van der Waals surface area contributed by atoms with Gasteiger partial charge < -0.3 is 4.90 Å². The fourth-order valence-electron chi connectivity index (χ4n) is 1.69. The Balaban J connectivity index is 2.24. The lowest BCUT2D eigenvalue weighted by Crippen LogP contribution is -2.27. The van der Waals surface area contributed by atoms with Gasteiger partial charge in [0.25, 0.3) is 5.91 Å². The topological polar surface area (TPSA) is 33.2 Å². The minimum atomic E-state index is 0.0938. The van der Waals surface area contributed by atoms with Crippen LogP contribution in [0, 0.1) is 0 Å². The van der Waals surface area contributed by atoms with Crippen LogP contribution in [0.15, 0.2) is 21.3 Å². The van der Waals surface area contributed by atoms with Crippen molar-refractivity contribution in [3.63, 3.8) is 0 Å². The third kappa shape index (κ3) is 2.58. The van der Waals surface area contributed by atoms with Crippen LogP contribution < -0.4 is 0 Å². The molecule has 0 saturated carbocycles. The number of carbonyl (C=O) groups is 1. The van der Waals surface area contributed by atoms with Crippen LogP contribution in [0.4, 0.5) is 0 Å². The molecule has 2 heterocycles. The van der Waals surface area contributed by atoms with Crippen molar-refractivity contribution in [2.45, 2.75) is 12.8 Å². The molecule has 0 atom stereocenters. The lowest BCUT2D eigenvalue weighted by molar-refractivity contribution is 0.0792. The van der Waals surface area contributed by atoms with Gasteiger partial charge in [-0.05, 0) is 56.8 Å². The Hall–Kier alpha value is -0.420. The third-order valence-electron chi connectivity index (χ3n) is 2.40. The Kier molecular flexibility index (Phi) is 3.41. The van der Waals surface area contributed by atoms with Gasteiger partial charge in [0, 0.05) is 18.7 Å². The predicted molar refractivity (Wildman–Crippen MR) is 64.8 cm³/mol. The maximum atomic E-state index is 12.0. The van der Waals surface area contributed by atoms with Crippen LogP contribution in [0.5, 0.6) is 0 Å². The molecule has 0 unspecified atom stereocenters. The zero-order valence-corrected chi connectivity index (χ0v) is 11.2. The Bertz CT molecular complexity index is 369. The summed E-state index contributed by atoms with van der Waals surface area (Å²) in [5, 5.41) is 0. The Morgan fingerprint density at radius 3 is 2.27 bits per heavy atom. The molecule has 1 aromatic rings. The van der Waals surface area contributed by atoms with E-state index >= 15 is 0 Å². The Labute approximate surface area is 105 Å². The van der Waals surface area contributed by atoms with Crippen molar-refractivity contribution in [3.05, 3.63) is 26.9 Å². The monoisotopic (exact) mass is 332 g/mol. The summed E-state index contributed by atoms with van der Waals surface area (Å²) in [6.07, 6.45) is 2.22. The molecule has 3 nitrogen and oxygen atoms in total. The fourth-order valence-corrected chi connectivity index (χ4v) is 2.80. The van der Waals surface area contributed by atoms with E-state index < -0.39 is 0 Å². The SMILES string of the molecule is O=C(c1cc(Br)nc(Br)c1)N1CCCC1. The van der Waals surface area contributed by atoms with Gasteiger partial charge in [-0.2, -0.15) is 0 Å². The van der Waals surface area contributed by atoms with Crippen molar-refractivity contribution in [1.29, 1.82) is 0 Å². The van der Waals surface area contributed by atoms with Crippen molar-refractivity contribution in [1.82, 2.24) is 9.88 Å². The average molecular weight is 334 g/mol. The summed E-state index contributed by atoms with van der Waals surface area (Å²) in [5.41, 5.74) is 0.686. The fraction of sp³-hybridized carbons (Fsp3) is 0.400. The second-order valence-electron chi connectivity index (χ2n) is 3.50. The molecule has 1 saturated heterocycles. The van der Waals surface area contributed by atoms with E-state index in [4.69, 9.17) is 0 Å². The maximum Gasteiger partial charge on any atom is 0.254 e. The van der Waals surface area contributed by atoms with E-state index in [0.717, 1.165) is 25.9 Å². The van der Waals surface area contributed by atoms with Crippen LogP contribution in [0.3, 0.4) is 0 Å². The molecule has 0 aliphatic carbocycles. The Morgan fingerprint density at radius 1 is 1.20 bits per heavy atom. The van der Waals surface area contributed by atoms with E-state index in [-0.39, 0.29) is 5.91 Å². The van der Waals surface area contributed by atoms with Gasteiger partial charge in [-0.15, -0.1) is 0 Å². The highest BCUT2D eigenvalue weighted by Gasteiger charge is 2.20. The van der Waals surface area contributed by atoms with Crippen molar-refractivity contribution < 1.29 is 4.79 Å². The molecule has 1 fully saturated rings. The zero-order valence-electron chi connectivity index (χ0n) is 8.04. The standard InChI is InChI=1S/C10H10Br2N2O/c11-8-5-7(6-9(12)13-8)10(15)14-3-1-2-4-14/h5-6H,1-4H2. The van der Waals surface area contributed by atoms with Gasteiger partial charge in [0.1, 0.15) is 9.21 Å². The first kappa shape index (κ1) is 11.1. The minimum Gasteiger partial charge on any atom is -0.339 e. The summed E-state index contributed by atoms with van der Waals surface area (Å²) in [5.74, 6) is 0.0938. The first-order valence-corrected chi connectivity index (χ1v) is 6.38. The van der Waals surface area contributed by atoms with Crippen molar-refractivity contribution in [2.75, 3.05) is 13.1 Å². The number of hydrogen-bond acceptors (Lipinski definition) is 2. The average Bonchev–Trinajstić information content (AvgIpc) is 2.67. The summed E-state index contributed by atoms with van der Waals surface area (Å²) in [4.78, 5) is 18.0. The lowest BCUT2D eigenvalue weighted by Gasteiger charge is -2.15. The third-order valence-corrected chi connectivity index (χ3v) is 3.22. The predicted octanol–water partition coefficient (Wildman–Crippen LogP) is 2.84. The van der Waals surface area contributed by atoms with Gasteiger partial charge in [-0.1, -0.05) is 0 Å². The van der Waals surface area contributed by atoms with Crippen LogP contribution in [-0.4, -0.2) is 28.9 Å². The molecule has 1 aliphatic heterocycles. The van der Waals surface area contributed by atoms with E-state index in [1.807, 2.05) is 4.90 Å². The van der Waals surface area contributed by atoms with Gasteiger partial charge in [-0.3, -0.25) is 4.79 Å². The molecule has 0 bridgehead atoms. The number of rotatable bonds is 1. The van der Waals surface area contributed by atoms with Gasteiger partial charge in [0.2, 0.25) is 0 Å². The molecule has 0 spiro atoms. The summed E-state index contributed by atoms with van der Waals surface area (Å²) in [6.45, 7) is 1.74. The van der Waals surface area contributed by atoms with E-state index in [9.17, 15) is 4.79 Å². The summed E-state index contributed by atoms with van der Waals surface area (Å²) >= 11 is 6.56. The second kappa shape index (κ2) is 4.61. The molecular weight excluding hydrogens is 324 g/mol. The van der Waals surface area contributed by atoms with Crippen LogP contribution in [0.2, 0.25) is 0 Å². The van der Waals surface area contributed by atoms with Gasteiger partial charge >= 0.3 is 0 Å². The number of likely N-dealkylation sites (tertiary alicyclic amines) is 1. The molecule has 0 aromatic carbocycles. The van der Waals surface area contributed by atoms with Gasteiger partial charge in [-0.25, -0.2) is 4.98 Å². The molecular formula is C10H10Br2N2O. The number of hydrogen-bond donors (Lipinski definition) is 0. The highest BCUT2D eigenvalue weighted by molar-refractivity contribution is 9.11. The first-order valence-electron chi connectivity index (χ1n) is 4.79. The van der Waals surface area contributed by atoms with Crippen molar-refractivity contribution in [3.8, 4) is 0 Å². The molecule has 1 amide bonds. The normalized spacial score (nSPS) is 15.7. The van der Waals surface area contributed by atoms with E-state index in [2.05, 4.69) is 36.8 Å². The first-order chi connectivity index (χ1) is 7.16. The second-order valence-corrected chi connectivity index (χ2v) is 5.13. The number of aromatic nitrogens is 1. The minimum absolute atomic E-state index is 0.0938. The van der Waals surface area contributed by atoms with Gasteiger partial charge in [0.05, 0.1) is 0 Å². The van der Waals surface area contributed by atoms with Crippen LogP contribution >= 0.6 is 31.9 Å². The molecule has 5 heteroatoms. The number of pyridine rings is 1. The van der Waals surface area contributed by atoms with E-state index in [1.54, 1.807) is 12.1 Å². The maximum absolute atomic E-state index is 12.0. The number of amides is 1. The Morgan fingerprint density at radius 2 is 1.73 bits per heavy atom. The summed E-state index contributed by atoms with van der Waals surface area (Å²) in [6, 6.07) is 3.51. The number of carbonyl (C=O) groups excluding carboxylic acids is 1. The highest BCUT2D eigenvalue weighted by atomic mass is 79.9. The molecule has 80 valence electrons. The van der Waals surface area contributed by atoms with Crippen LogP contribution in [0.1, 0.15) is 23.2 Å². The smallest absolute Gasteiger partial charge is 0.254 e. The molecule has 0 radical (unpaired) electrons. The van der Waals surface area contributed by atoms with Crippen molar-refractivity contribution >= 4 is 37.8 Å². The molecule has 1 aromatic heterocycles. The van der Waals surface area contributed by atoms with E-state index in [0.29, 0.717) is 14.8 Å². The van der Waals surface area contributed by atoms with Crippen LogP contribution in [-0.2, 0) is 0 Å². The largest absolute Gasteiger partial charge is 0.339 e. The van der Waals surface area contributed by atoms with Gasteiger partial charge in [0.15, 0.2) is 0 Å². The molecule has 0 N–H and O–H groups in total. The zero-order chi connectivity index (χ0) is 10.8. The highest BCUT2D eigenvalue weighted by Crippen LogP contribution is 2.19. The van der Waals surface area contributed by atoms with Crippen molar-refractivity contribution in [2.24, 2.45) is 0 Å². The molecule has 2 rings (SSSR count). The van der Waals surface area contributed by atoms with Crippen LogP contribution in [0.25, 0.3) is 0 Å². The lowest BCUT2D eigenvalue weighted by atomic mass is 10.2. The number of nitrogens with zero attached hydrogens (tertiary/aromatic N) is 2. The summed E-state index contributed by atoms with van der Waals surface area (Å²) in [7, 11) is 0. The molecule has 1 aliphatic rings. The van der Waals surface area contributed by atoms with E-state index in [1.165, 1.54) is 0 Å². The summed E-state index contributed by atoms with van der Waals surface area (Å²) < 4.78 is 1.36.